The first-order chi connectivity index (χ1) is 14.1. The van der Waals surface area contributed by atoms with Crippen molar-refractivity contribution >= 4 is 12.0 Å². The molecule has 0 fully saturated rings. The van der Waals surface area contributed by atoms with Crippen LogP contribution in [0.1, 0.15) is 31.7 Å². The van der Waals surface area contributed by atoms with Crippen molar-refractivity contribution in [1.82, 2.24) is 0 Å². The summed E-state index contributed by atoms with van der Waals surface area (Å²) >= 11 is 0. The Kier molecular flexibility index (Phi) is 11.9. The Hall–Kier alpha value is -3.41. The zero-order valence-corrected chi connectivity index (χ0v) is 16.7. The number of allylic oxidation sites excluding steroid dienone is 3. The minimum atomic E-state index is -0.640. The van der Waals surface area contributed by atoms with E-state index in [0.717, 1.165) is 0 Å². The van der Waals surface area contributed by atoms with Gasteiger partial charge in [-0.3, -0.25) is 0 Å². The number of unbranched alkanes of at least 4 members (excludes halogenated alkanes) is 1. The number of aromatic hydroxyl groups is 1. The van der Waals surface area contributed by atoms with Gasteiger partial charge in [-0.25, -0.2) is 4.79 Å². The average molecular weight is 394 g/mol. The zero-order valence-electron chi connectivity index (χ0n) is 16.7. The monoisotopic (exact) mass is 394 g/mol. The van der Waals surface area contributed by atoms with Crippen molar-refractivity contribution in [3.63, 3.8) is 0 Å². The third-order valence-electron chi connectivity index (χ3n) is 3.52. The molecule has 2 N–H and O–H groups in total. The molecule has 29 heavy (non-hydrogen) atoms. The second-order valence-corrected chi connectivity index (χ2v) is 5.85. The van der Waals surface area contributed by atoms with Crippen molar-refractivity contribution in [2.24, 2.45) is 0 Å². The molecule has 0 amide bonds. The van der Waals surface area contributed by atoms with Crippen LogP contribution in [0.4, 0.5) is 0 Å². The van der Waals surface area contributed by atoms with Gasteiger partial charge in [0.2, 0.25) is 0 Å². The highest BCUT2D eigenvalue weighted by molar-refractivity contribution is 5.87. The number of aliphatic hydroxyl groups excluding tert-OH is 1. The molecule has 0 saturated carbocycles. The van der Waals surface area contributed by atoms with Crippen molar-refractivity contribution in [2.75, 3.05) is 13.7 Å². The summed E-state index contributed by atoms with van der Waals surface area (Å²) in [6.07, 6.45) is 11.0. The molecule has 0 bridgehead atoms. The summed E-state index contributed by atoms with van der Waals surface area (Å²) in [7, 11) is 1.46. The molecule has 0 aliphatic rings. The smallest absolute Gasteiger partial charge is 0.330 e. The number of carbonyl (C=O) groups is 1. The maximum atomic E-state index is 11.7. The van der Waals surface area contributed by atoms with Crippen LogP contribution in [-0.4, -0.2) is 36.0 Å². The molecule has 5 heteroatoms. The first-order valence-electron chi connectivity index (χ1n) is 9.23. The number of phenols is 1. The zero-order chi connectivity index (χ0) is 21.3. The van der Waals surface area contributed by atoms with Crippen LogP contribution in [0.25, 0.3) is 6.08 Å². The van der Waals surface area contributed by atoms with Crippen molar-refractivity contribution in [2.45, 2.75) is 32.3 Å². The summed E-state index contributed by atoms with van der Waals surface area (Å²) < 4.78 is 10.1. The lowest BCUT2D eigenvalue weighted by atomic mass is 10.2. The Labute approximate surface area is 172 Å². The molecule has 152 valence electrons. The highest BCUT2D eigenvalue weighted by Gasteiger charge is 2.02. The van der Waals surface area contributed by atoms with Gasteiger partial charge in [-0.1, -0.05) is 36.1 Å². The van der Waals surface area contributed by atoms with E-state index in [2.05, 4.69) is 23.7 Å². The fourth-order valence-corrected chi connectivity index (χ4v) is 2.07. The molecule has 1 aromatic rings. The molecule has 5 nitrogen and oxygen atoms in total. The lowest BCUT2D eigenvalue weighted by Gasteiger charge is -2.04. The highest BCUT2D eigenvalue weighted by atomic mass is 16.5. The van der Waals surface area contributed by atoms with Crippen LogP contribution >= 0.6 is 0 Å². The van der Waals surface area contributed by atoms with Gasteiger partial charge in [0.1, 0.15) is 0 Å². The van der Waals surface area contributed by atoms with E-state index in [1.54, 1.807) is 30.4 Å². The first kappa shape index (κ1) is 23.6. The fourth-order valence-electron chi connectivity index (χ4n) is 2.07. The number of carbonyl (C=O) groups excluding carboxylic acids is 1. The van der Waals surface area contributed by atoms with E-state index < -0.39 is 12.1 Å². The predicted molar refractivity (Wildman–Crippen MR) is 114 cm³/mol. The Morgan fingerprint density at radius 3 is 2.90 bits per heavy atom. The van der Waals surface area contributed by atoms with E-state index in [4.69, 9.17) is 9.47 Å². The van der Waals surface area contributed by atoms with Gasteiger partial charge in [-0.2, -0.15) is 0 Å². The van der Waals surface area contributed by atoms with E-state index in [9.17, 15) is 15.0 Å². The first-order valence-corrected chi connectivity index (χ1v) is 9.23. The number of hydrogen-bond acceptors (Lipinski definition) is 5. The lowest BCUT2D eigenvalue weighted by molar-refractivity contribution is -0.137. The normalized spacial score (nSPS) is 11.7. The molecule has 1 unspecified atom stereocenters. The van der Waals surface area contributed by atoms with Gasteiger partial charge < -0.3 is 19.7 Å². The van der Waals surface area contributed by atoms with Gasteiger partial charge in [0.05, 0.1) is 19.8 Å². The van der Waals surface area contributed by atoms with Crippen LogP contribution in [0.5, 0.6) is 11.5 Å². The van der Waals surface area contributed by atoms with Crippen molar-refractivity contribution < 1.29 is 24.5 Å². The van der Waals surface area contributed by atoms with Crippen LogP contribution in [0.3, 0.4) is 0 Å². The summed E-state index contributed by atoms with van der Waals surface area (Å²) in [5.41, 5.74) is 0.712. The maximum Gasteiger partial charge on any atom is 0.330 e. The van der Waals surface area contributed by atoms with Gasteiger partial charge in [0.25, 0.3) is 0 Å². The number of benzene rings is 1. The number of ether oxygens (including phenoxy) is 2. The Morgan fingerprint density at radius 2 is 2.14 bits per heavy atom. The molecule has 1 atom stereocenters. The quantitative estimate of drug-likeness (QED) is 0.220. The third kappa shape index (κ3) is 11.1. The van der Waals surface area contributed by atoms with E-state index in [1.165, 1.54) is 19.3 Å². The van der Waals surface area contributed by atoms with Crippen LogP contribution in [-0.2, 0) is 9.53 Å². The number of rotatable bonds is 9. The molecule has 0 saturated heterocycles. The van der Waals surface area contributed by atoms with E-state index >= 15 is 0 Å². The number of methoxy groups -OCH3 is 1. The third-order valence-corrected chi connectivity index (χ3v) is 3.52. The number of phenolic OH excluding ortho intramolecular Hbond substituents is 1. The van der Waals surface area contributed by atoms with E-state index in [0.29, 0.717) is 30.6 Å². The molecule has 0 aliphatic carbocycles. The molecular formula is C24H26O5. The maximum absolute atomic E-state index is 11.7. The molecule has 0 aliphatic heterocycles. The second kappa shape index (κ2) is 14.6. The van der Waals surface area contributed by atoms with Gasteiger partial charge in [0.15, 0.2) is 11.5 Å². The number of aliphatic hydroxyl groups is 1. The second-order valence-electron chi connectivity index (χ2n) is 5.85. The van der Waals surface area contributed by atoms with Crippen LogP contribution in [0.2, 0.25) is 0 Å². The Morgan fingerprint density at radius 1 is 1.31 bits per heavy atom. The fraction of sp³-hybridized carbons (Fsp3) is 0.292. The van der Waals surface area contributed by atoms with Crippen LogP contribution in [0.15, 0.2) is 48.6 Å². The SMILES string of the molecule is C/C=C/C#CC#CCC(O)/C=C/CCCOC(=O)/C=C/c1ccc(O)c(OC)c1. The number of esters is 1. The van der Waals surface area contributed by atoms with Crippen molar-refractivity contribution in [1.29, 1.82) is 0 Å². The van der Waals surface area contributed by atoms with Crippen molar-refractivity contribution in [3.8, 4) is 35.2 Å². The lowest BCUT2D eigenvalue weighted by Crippen LogP contribution is -2.02. The Bertz CT molecular complexity index is 857. The molecule has 0 radical (unpaired) electrons. The van der Waals surface area contributed by atoms with Gasteiger partial charge in [-0.15, -0.1) is 0 Å². The molecule has 0 aromatic heterocycles. The molecule has 0 spiro atoms. The van der Waals surface area contributed by atoms with Gasteiger partial charge in [0, 0.05) is 12.5 Å². The summed E-state index contributed by atoms with van der Waals surface area (Å²) in [5.74, 6) is 10.8. The van der Waals surface area contributed by atoms with E-state index in [-0.39, 0.29) is 12.4 Å². The summed E-state index contributed by atoms with van der Waals surface area (Å²) in [5, 5.41) is 19.3. The standard InChI is InChI=1S/C24H26O5/c1-3-4-5-6-7-9-12-21(25)13-10-8-11-18-29-24(27)17-15-20-14-16-22(26)23(19-20)28-2/h3-4,10,13-17,19,21,25-26H,8,11-12,18H2,1-2H3/b4-3+,13-10+,17-15+. The summed E-state index contributed by atoms with van der Waals surface area (Å²) in [4.78, 5) is 11.7. The minimum absolute atomic E-state index is 0.0375. The molecular weight excluding hydrogens is 368 g/mol. The van der Waals surface area contributed by atoms with E-state index in [1.807, 2.05) is 19.1 Å². The topological polar surface area (TPSA) is 76.0 Å². The van der Waals surface area contributed by atoms with Crippen LogP contribution < -0.4 is 4.74 Å². The summed E-state index contributed by atoms with van der Waals surface area (Å²) in [6.45, 7) is 2.16. The minimum Gasteiger partial charge on any atom is -0.504 e. The largest absolute Gasteiger partial charge is 0.504 e. The average Bonchev–Trinajstić information content (AvgIpc) is 2.72. The van der Waals surface area contributed by atoms with Gasteiger partial charge in [-0.05, 0) is 61.5 Å². The van der Waals surface area contributed by atoms with Gasteiger partial charge >= 0.3 is 5.97 Å². The van der Waals surface area contributed by atoms with Crippen LogP contribution in [0, 0.1) is 23.7 Å². The van der Waals surface area contributed by atoms with Crippen molar-refractivity contribution in [3.05, 3.63) is 54.1 Å². The Balaban J connectivity index is 2.24. The molecule has 1 rings (SSSR count). The summed E-state index contributed by atoms with van der Waals surface area (Å²) in [6, 6.07) is 4.78. The predicted octanol–water partition coefficient (Wildman–Crippen LogP) is 3.63. The molecule has 1 aromatic carbocycles. The highest BCUT2D eigenvalue weighted by Crippen LogP contribution is 2.26. The molecule has 0 heterocycles. The number of hydrogen-bond donors (Lipinski definition) is 2.